The largest absolute Gasteiger partial charge is 0.349 e. The number of carbonyl (C=O) groups is 2. The zero-order valence-corrected chi connectivity index (χ0v) is 15.4. The molecule has 3 aromatic rings. The molecule has 134 valence electrons. The Bertz CT molecular complexity index is 935. The molecule has 2 N–H and O–H groups in total. The molecular weight excluding hydrogens is 350 g/mol. The number of para-hydroxylation sites is 1. The van der Waals surface area contributed by atoms with Crippen molar-refractivity contribution in [2.75, 3.05) is 14.1 Å². The number of rotatable bonds is 5. The average molecular weight is 370 g/mol. The minimum absolute atomic E-state index is 0.0677. The molecule has 0 bridgehead atoms. The molecule has 0 aliphatic rings. The van der Waals surface area contributed by atoms with Crippen molar-refractivity contribution in [3.05, 3.63) is 70.9 Å². The molecule has 26 heavy (non-hydrogen) atoms. The molecule has 0 unspecified atom stereocenters. The van der Waals surface area contributed by atoms with E-state index in [0.717, 1.165) is 16.5 Å². The van der Waals surface area contributed by atoms with Crippen molar-refractivity contribution in [3.8, 4) is 0 Å². The van der Waals surface area contributed by atoms with Crippen molar-refractivity contribution in [2.45, 2.75) is 12.5 Å². The predicted molar refractivity (Wildman–Crippen MR) is 103 cm³/mol. The van der Waals surface area contributed by atoms with E-state index in [2.05, 4.69) is 10.3 Å². The third-order valence-electron chi connectivity index (χ3n) is 4.25. The second kappa shape index (κ2) is 7.62. The van der Waals surface area contributed by atoms with Gasteiger partial charge in [0.25, 0.3) is 5.91 Å². The van der Waals surface area contributed by atoms with Gasteiger partial charge in [-0.2, -0.15) is 0 Å². The molecule has 1 atom stereocenters. The average Bonchev–Trinajstić information content (AvgIpc) is 2.99. The monoisotopic (exact) mass is 369 g/mol. The number of amides is 2. The predicted octanol–water partition coefficient (Wildman–Crippen LogP) is 3.77. The topological polar surface area (TPSA) is 65.2 Å². The van der Waals surface area contributed by atoms with Crippen molar-refractivity contribution >= 4 is 34.3 Å². The van der Waals surface area contributed by atoms with E-state index in [1.54, 1.807) is 14.1 Å². The summed E-state index contributed by atoms with van der Waals surface area (Å²) in [6.07, 6.45) is 0.167. The molecule has 2 amide bonds. The number of H-pyrrole nitrogens is 1. The second-order valence-corrected chi connectivity index (χ2v) is 6.67. The van der Waals surface area contributed by atoms with Gasteiger partial charge < -0.3 is 15.2 Å². The Kier molecular flexibility index (Phi) is 5.28. The van der Waals surface area contributed by atoms with Crippen LogP contribution in [0, 0.1) is 0 Å². The molecular formula is C20H20ClN3O2. The SMILES string of the molecule is CN(C)C(=O)C[C@H](NC(=O)c1[nH]c2ccccc2c1Cl)c1ccccc1. The first-order valence-electron chi connectivity index (χ1n) is 8.29. The second-order valence-electron chi connectivity index (χ2n) is 6.29. The summed E-state index contributed by atoms with van der Waals surface area (Å²) in [6.45, 7) is 0. The molecule has 0 spiro atoms. The maximum Gasteiger partial charge on any atom is 0.269 e. The number of nitrogens with zero attached hydrogens (tertiary/aromatic N) is 1. The molecule has 0 aliphatic carbocycles. The summed E-state index contributed by atoms with van der Waals surface area (Å²) in [5, 5.41) is 4.11. The summed E-state index contributed by atoms with van der Waals surface area (Å²) in [7, 11) is 3.39. The van der Waals surface area contributed by atoms with Crippen LogP contribution in [0.5, 0.6) is 0 Å². The van der Waals surface area contributed by atoms with Crippen LogP contribution in [-0.4, -0.2) is 35.8 Å². The third-order valence-corrected chi connectivity index (χ3v) is 4.65. The van der Waals surface area contributed by atoms with Crippen LogP contribution < -0.4 is 5.32 Å². The smallest absolute Gasteiger partial charge is 0.269 e. The van der Waals surface area contributed by atoms with E-state index >= 15 is 0 Å². The summed E-state index contributed by atoms with van der Waals surface area (Å²) >= 11 is 6.37. The van der Waals surface area contributed by atoms with Gasteiger partial charge in [0.15, 0.2) is 0 Å². The van der Waals surface area contributed by atoms with Crippen molar-refractivity contribution in [2.24, 2.45) is 0 Å². The van der Waals surface area contributed by atoms with Crippen molar-refractivity contribution in [1.29, 1.82) is 0 Å². The van der Waals surface area contributed by atoms with Gasteiger partial charge in [-0.1, -0.05) is 60.1 Å². The first-order chi connectivity index (χ1) is 12.5. The van der Waals surface area contributed by atoms with E-state index in [9.17, 15) is 9.59 Å². The summed E-state index contributed by atoms with van der Waals surface area (Å²) in [4.78, 5) is 29.6. The van der Waals surface area contributed by atoms with Gasteiger partial charge in [-0.3, -0.25) is 9.59 Å². The maximum atomic E-state index is 12.8. The lowest BCUT2D eigenvalue weighted by atomic mass is 10.0. The Morgan fingerprint density at radius 3 is 2.38 bits per heavy atom. The van der Waals surface area contributed by atoms with Crippen LogP contribution in [0.15, 0.2) is 54.6 Å². The molecule has 0 aliphatic heterocycles. The zero-order valence-electron chi connectivity index (χ0n) is 14.6. The van der Waals surface area contributed by atoms with Crippen molar-refractivity contribution in [3.63, 3.8) is 0 Å². The molecule has 0 saturated heterocycles. The van der Waals surface area contributed by atoms with E-state index in [4.69, 9.17) is 11.6 Å². The minimum atomic E-state index is -0.443. The van der Waals surface area contributed by atoms with Gasteiger partial charge in [-0.05, 0) is 11.6 Å². The number of hydrogen-bond acceptors (Lipinski definition) is 2. The molecule has 5 nitrogen and oxygen atoms in total. The van der Waals surface area contributed by atoms with Gasteiger partial charge in [0.05, 0.1) is 17.5 Å². The van der Waals surface area contributed by atoms with E-state index < -0.39 is 6.04 Å². The Labute approximate surface area is 157 Å². The third kappa shape index (κ3) is 3.73. The summed E-state index contributed by atoms with van der Waals surface area (Å²) in [5.74, 6) is -0.409. The Morgan fingerprint density at radius 1 is 1.08 bits per heavy atom. The van der Waals surface area contributed by atoms with E-state index in [0.29, 0.717) is 10.7 Å². The number of hydrogen-bond donors (Lipinski definition) is 2. The highest BCUT2D eigenvalue weighted by Crippen LogP contribution is 2.28. The van der Waals surface area contributed by atoms with Crippen LogP contribution in [-0.2, 0) is 4.79 Å². The lowest BCUT2D eigenvalue weighted by Crippen LogP contribution is -2.33. The Morgan fingerprint density at radius 2 is 1.73 bits per heavy atom. The fourth-order valence-electron chi connectivity index (χ4n) is 2.79. The highest BCUT2D eigenvalue weighted by Gasteiger charge is 2.23. The van der Waals surface area contributed by atoms with Crippen molar-refractivity contribution < 1.29 is 9.59 Å². The van der Waals surface area contributed by atoms with Gasteiger partial charge in [0, 0.05) is 25.0 Å². The first-order valence-corrected chi connectivity index (χ1v) is 8.67. The standard InChI is InChI=1S/C20H20ClN3O2/c1-24(2)17(25)12-16(13-8-4-3-5-9-13)23-20(26)19-18(21)14-10-6-7-11-15(14)22-19/h3-11,16,22H,12H2,1-2H3,(H,23,26)/t16-/m0/s1. The molecule has 2 aromatic carbocycles. The quantitative estimate of drug-likeness (QED) is 0.719. The first kappa shape index (κ1) is 18.0. The van der Waals surface area contributed by atoms with E-state index in [1.165, 1.54) is 4.90 Å². The van der Waals surface area contributed by atoms with Crippen LogP contribution in [0.25, 0.3) is 10.9 Å². The summed E-state index contributed by atoms with van der Waals surface area (Å²) in [5.41, 5.74) is 1.96. The Hall–Kier alpha value is -2.79. The normalized spacial score (nSPS) is 12.0. The molecule has 3 rings (SSSR count). The maximum absolute atomic E-state index is 12.8. The number of nitrogens with one attached hydrogen (secondary N) is 2. The van der Waals surface area contributed by atoms with Gasteiger partial charge in [0.2, 0.25) is 5.91 Å². The molecule has 0 saturated carbocycles. The molecule has 1 heterocycles. The minimum Gasteiger partial charge on any atom is -0.349 e. The number of carbonyl (C=O) groups excluding carboxylic acids is 2. The van der Waals surface area contributed by atoms with Gasteiger partial charge in [-0.25, -0.2) is 0 Å². The fraction of sp³-hybridized carbons (Fsp3) is 0.200. The lowest BCUT2D eigenvalue weighted by Gasteiger charge is -2.20. The number of fused-ring (bicyclic) bond motifs is 1. The molecule has 6 heteroatoms. The van der Waals surface area contributed by atoms with Crippen LogP contribution in [0.4, 0.5) is 0 Å². The lowest BCUT2D eigenvalue weighted by molar-refractivity contribution is -0.129. The van der Waals surface area contributed by atoms with Crippen LogP contribution in [0.3, 0.4) is 0 Å². The zero-order chi connectivity index (χ0) is 18.7. The number of aromatic nitrogens is 1. The van der Waals surface area contributed by atoms with E-state index in [1.807, 2.05) is 54.6 Å². The molecule has 0 fully saturated rings. The Balaban J connectivity index is 1.88. The van der Waals surface area contributed by atoms with Gasteiger partial charge >= 0.3 is 0 Å². The van der Waals surface area contributed by atoms with Gasteiger partial charge in [0.1, 0.15) is 5.69 Å². The number of halogens is 1. The highest BCUT2D eigenvalue weighted by atomic mass is 35.5. The van der Waals surface area contributed by atoms with Crippen LogP contribution in [0.2, 0.25) is 5.02 Å². The summed E-state index contributed by atoms with van der Waals surface area (Å²) in [6, 6.07) is 16.4. The van der Waals surface area contributed by atoms with Gasteiger partial charge in [-0.15, -0.1) is 0 Å². The fourth-order valence-corrected chi connectivity index (χ4v) is 3.09. The highest BCUT2D eigenvalue weighted by molar-refractivity contribution is 6.38. The van der Waals surface area contributed by atoms with Crippen LogP contribution in [0.1, 0.15) is 28.5 Å². The number of aromatic amines is 1. The molecule has 1 aromatic heterocycles. The van der Waals surface area contributed by atoms with Crippen molar-refractivity contribution in [1.82, 2.24) is 15.2 Å². The van der Waals surface area contributed by atoms with Crippen LogP contribution >= 0.6 is 11.6 Å². The van der Waals surface area contributed by atoms with E-state index in [-0.39, 0.29) is 18.2 Å². The summed E-state index contributed by atoms with van der Waals surface area (Å²) < 4.78 is 0. The molecule has 0 radical (unpaired) electrons. The number of benzene rings is 2.